The second-order valence-corrected chi connectivity index (χ2v) is 7.41. The number of thioether (sulfide) groups is 1. The topological polar surface area (TPSA) is 85.6 Å². The molecule has 1 N–H and O–H groups in total. The van der Waals surface area contributed by atoms with Gasteiger partial charge in [0.2, 0.25) is 0 Å². The molecule has 2 aromatic heterocycles. The first-order chi connectivity index (χ1) is 14.6. The van der Waals surface area contributed by atoms with E-state index in [0.717, 1.165) is 0 Å². The number of hydrogen-bond donors (Lipinski definition) is 1. The monoisotopic (exact) mass is 440 g/mol. The van der Waals surface area contributed by atoms with Crippen molar-refractivity contribution in [2.75, 3.05) is 5.32 Å². The Bertz CT molecular complexity index is 1170. The van der Waals surface area contributed by atoms with Gasteiger partial charge in [0, 0.05) is 23.2 Å². The molecule has 150 valence electrons. The van der Waals surface area contributed by atoms with Crippen molar-refractivity contribution in [3.05, 3.63) is 89.2 Å². The third kappa shape index (κ3) is 4.47. The van der Waals surface area contributed by atoms with Crippen LogP contribution in [-0.4, -0.2) is 30.9 Å². The maximum atomic E-state index is 14.0. The van der Waals surface area contributed by atoms with Crippen LogP contribution in [0.3, 0.4) is 0 Å². The zero-order chi connectivity index (χ0) is 20.9. The fraction of sp³-hybridized carbons (Fsp3) is 0.0500. The van der Waals surface area contributed by atoms with E-state index in [1.165, 1.54) is 23.9 Å². The molecule has 0 fully saturated rings. The molecule has 0 spiro atoms. The first-order valence-electron chi connectivity index (χ1n) is 8.78. The van der Waals surface area contributed by atoms with Crippen molar-refractivity contribution in [3.8, 4) is 5.69 Å². The van der Waals surface area contributed by atoms with Crippen molar-refractivity contribution >= 4 is 35.0 Å². The van der Waals surface area contributed by atoms with Crippen molar-refractivity contribution in [3.63, 3.8) is 0 Å². The summed E-state index contributed by atoms with van der Waals surface area (Å²) in [5, 5.41) is 11.8. The third-order valence-electron chi connectivity index (χ3n) is 4.05. The predicted molar refractivity (Wildman–Crippen MR) is 112 cm³/mol. The molecule has 4 aromatic rings. The number of nitrogens with one attached hydrogen (secondary N) is 1. The van der Waals surface area contributed by atoms with Crippen LogP contribution in [0.1, 0.15) is 16.2 Å². The highest BCUT2D eigenvalue weighted by Gasteiger charge is 2.22. The Balaban J connectivity index is 1.67. The lowest BCUT2D eigenvalue weighted by Crippen LogP contribution is -2.16. The average molecular weight is 441 g/mol. The number of para-hydroxylation sites is 1. The number of rotatable bonds is 6. The van der Waals surface area contributed by atoms with Gasteiger partial charge < -0.3 is 5.32 Å². The van der Waals surface area contributed by atoms with Crippen LogP contribution < -0.4 is 5.32 Å². The Hall–Kier alpha value is -3.30. The van der Waals surface area contributed by atoms with Gasteiger partial charge in [-0.15, -0.1) is 5.10 Å². The largest absolute Gasteiger partial charge is 0.318 e. The summed E-state index contributed by atoms with van der Waals surface area (Å²) in [6.07, 6.45) is 3.27. The molecular formula is C20H14ClFN6OS. The molecule has 0 aliphatic carbocycles. The minimum atomic E-state index is -0.565. The summed E-state index contributed by atoms with van der Waals surface area (Å²) in [7, 11) is 0. The lowest BCUT2D eigenvalue weighted by atomic mass is 10.2. The highest BCUT2D eigenvalue weighted by molar-refractivity contribution is 7.98. The number of aromatic nitrogens is 5. The van der Waals surface area contributed by atoms with E-state index < -0.39 is 11.7 Å². The lowest BCUT2D eigenvalue weighted by Gasteiger charge is -2.09. The summed E-state index contributed by atoms with van der Waals surface area (Å²) in [5.41, 5.74) is 1.34. The molecule has 4 rings (SSSR count). The van der Waals surface area contributed by atoms with E-state index in [-0.39, 0.29) is 11.4 Å². The number of halogens is 2. The number of nitrogens with zero attached hydrogens (tertiary/aromatic N) is 5. The quantitative estimate of drug-likeness (QED) is 0.353. The zero-order valence-electron chi connectivity index (χ0n) is 15.4. The Morgan fingerprint density at radius 3 is 2.53 bits per heavy atom. The molecule has 0 radical (unpaired) electrons. The van der Waals surface area contributed by atoms with Gasteiger partial charge >= 0.3 is 0 Å². The molecule has 0 aliphatic heterocycles. The smallest absolute Gasteiger partial charge is 0.278 e. The molecular weight excluding hydrogens is 427 g/mol. The Morgan fingerprint density at radius 1 is 1.07 bits per heavy atom. The van der Waals surface area contributed by atoms with Gasteiger partial charge in [0.15, 0.2) is 10.9 Å². The van der Waals surface area contributed by atoms with Gasteiger partial charge in [-0.1, -0.05) is 40.7 Å². The highest BCUT2D eigenvalue weighted by atomic mass is 35.5. The maximum absolute atomic E-state index is 14.0. The second-order valence-electron chi connectivity index (χ2n) is 6.03. The molecule has 30 heavy (non-hydrogen) atoms. The van der Waals surface area contributed by atoms with Crippen LogP contribution in [0.4, 0.5) is 10.1 Å². The molecule has 2 heterocycles. The second kappa shape index (κ2) is 9.02. The third-order valence-corrected chi connectivity index (χ3v) is 5.19. The lowest BCUT2D eigenvalue weighted by molar-refractivity contribution is 0.102. The Labute approximate surface area is 180 Å². The molecule has 10 heteroatoms. The van der Waals surface area contributed by atoms with E-state index in [1.54, 1.807) is 59.5 Å². The summed E-state index contributed by atoms with van der Waals surface area (Å²) in [4.78, 5) is 21.2. The Morgan fingerprint density at radius 2 is 1.80 bits per heavy atom. The van der Waals surface area contributed by atoms with Crippen LogP contribution in [0.5, 0.6) is 0 Å². The summed E-state index contributed by atoms with van der Waals surface area (Å²) in [6, 6.07) is 14.6. The minimum Gasteiger partial charge on any atom is -0.318 e. The van der Waals surface area contributed by atoms with Crippen LogP contribution in [0.25, 0.3) is 5.69 Å². The molecule has 0 saturated carbocycles. The van der Waals surface area contributed by atoms with Crippen molar-refractivity contribution in [2.24, 2.45) is 0 Å². The molecule has 0 bridgehead atoms. The van der Waals surface area contributed by atoms with E-state index in [4.69, 9.17) is 11.6 Å². The minimum absolute atomic E-state index is 0.0635. The van der Waals surface area contributed by atoms with E-state index in [0.29, 0.717) is 27.3 Å². The van der Waals surface area contributed by atoms with Crippen molar-refractivity contribution in [1.82, 2.24) is 25.0 Å². The molecule has 0 atom stereocenters. The van der Waals surface area contributed by atoms with E-state index >= 15 is 0 Å². The standard InChI is InChI=1S/C20H14ClFN6OS/c21-13-6-8-14(9-7-13)28-17(12-30-20-23-10-3-11-24-20)18(26-27-28)19(29)25-16-5-2-1-4-15(16)22/h1-11H,12H2,(H,25,29). The normalized spacial score (nSPS) is 10.7. The number of carbonyl (C=O) groups is 1. The fourth-order valence-electron chi connectivity index (χ4n) is 2.63. The van der Waals surface area contributed by atoms with Gasteiger partial charge in [-0.05, 0) is 42.5 Å². The summed E-state index contributed by atoms with van der Waals surface area (Å²) in [6.45, 7) is 0. The Kier molecular flexibility index (Phi) is 6.01. The van der Waals surface area contributed by atoms with Crippen molar-refractivity contribution in [1.29, 1.82) is 0 Å². The first kappa shape index (κ1) is 20.0. The molecule has 2 aromatic carbocycles. The van der Waals surface area contributed by atoms with Crippen LogP contribution in [0.2, 0.25) is 5.02 Å². The van der Waals surface area contributed by atoms with Gasteiger partial charge in [-0.2, -0.15) is 0 Å². The number of hydrogen-bond acceptors (Lipinski definition) is 6. The van der Waals surface area contributed by atoms with Crippen molar-refractivity contribution < 1.29 is 9.18 Å². The van der Waals surface area contributed by atoms with Gasteiger partial charge in [0.05, 0.1) is 17.1 Å². The van der Waals surface area contributed by atoms with E-state index in [1.807, 2.05) is 0 Å². The molecule has 0 aliphatic rings. The van der Waals surface area contributed by atoms with Crippen LogP contribution in [0.15, 0.2) is 72.1 Å². The van der Waals surface area contributed by atoms with Crippen LogP contribution >= 0.6 is 23.4 Å². The number of carbonyl (C=O) groups excluding carboxylic acids is 1. The van der Waals surface area contributed by atoms with E-state index in [9.17, 15) is 9.18 Å². The van der Waals surface area contributed by atoms with Crippen molar-refractivity contribution in [2.45, 2.75) is 10.9 Å². The first-order valence-corrected chi connectivity index (χ1v) is 10.1. The predicted octanol–water partition coefficient (Wildman–Crippen LogP) is 4.39. The fourth-order valence-corrected chi connectivity index (χ4v) is 3.56. The van der Waals surface area contributed by atoms with Gasteiger partial charge in [0.25, 0.3) is 5.91 Å². The summed E-state index contributed by atoms with van der Waals surface area (Å²) < 4.78 is 15.5. The van der Waals surface area contributed by atoms with E-state index in [2.05, 4.69) is 25.6 Å². The van der Waals surface area contributed by atoms with Gasteiger partial charge in [-0.25, -0.2) is 19.0 Å². The van der Waals surface area contributed by atoms with Crippen LogP contribution in [0, 0.1) is 5.82 Å². The number of anilines is 1. The maximum Gasteiger partial charge on any atom is 0.278 e. The highest BCUT2D eigenvalue weighted by Crippen LogP contribution is 2.24. The number of amides is 1. The SMILES string of the molecule is O=C(Nc1ccccc1F)c1nnn(-c2ccc(Cl)cc2)c1CSc1ncccn1. The number of benzene rings is 2. The van der Waals surface area contributed by atoms with Gasteiger partial charge in [-0.3, -0.25) is 4.79 Å². The summed E-state index contributed by atoms with van der Waals surface area (Å²) in [5.74, 6) is -0.783. The van der Waals surface area contributed by atoms with Gasteiger partial charge in [0.1, 0.15) is 5.82 Å². The average Bonchev–Trinajstić information content (AvgIpc) is 3.19. The van der Waals surface area contributed by atoms with Crippen LogP contribution in [-0.2, 0) is 5.75 Å². The molecule has 1 amide bonds. The molecule has 7 nitrogen and oxygen atoms in total. The summed E-state index contributed by atoms with van der Waals surface area (Å²) >= 11 is 7.30. The molecule has 0 unspecified atom stereocenters. The molecule has 0 saturated heterocycles. The zero-order valence-corrected chi connectivity index (χ0v) is 16.9.